The Morgan fingerprint density at radius 2 is 2.10 bits per heavy atom. The molecule has 0 aromatic heterocycles. The summed E-state index contributed by atoms with van der Waals surface area (Å²) >= 11 is 0. The third kappa shape index (κ3) is 6.50. The molecule has 0 spiro atoms. The van der Waals surface area contributed by atoms with Crippen molar-refractivity contribution in [1.29, 1.82) is 0 Å². The Balaban J connectivity index is 2.46. The van der Waals surface area contributed by atoms with E-state index < -0.39 is 6.10 Å². The summed E-state index contributed by atoms with van der Waals surface area (Å²) < 4.78 is 10.5. The zero-order chi connectivity index (χ0) is 14.8. The van der Waals surface area contributed by atoms with E-state index in [0.717, 1.165) is 52.1 Å². The van der Waals surface area contributed by atoms with E-state index in [4.69, 9.17) is 9.47 Å². The van der Waals surface area contributed by atoms with Gasteiger partial charge in [0.1, 0.15) is 0 Å². The lowest BCUT2D eigenvalue weighted by Gasteiger charge is -2.40. The van der Waals surface area contributed by atoms with Crippen molar-refractivity contribution in [2.45, 2.75) is 32.3 Å². The third-order valence-corrected chi connectivity index (χ3v) is 3.97. The summed E-state index contributed by atoms with van der Waals surface area (Å²) in [6.45, 7) is 8.04. The second kappa shape index (κ2) is 9.68. The van der Waals surface area contributed by atoms with Crippen LogP contribution in [0.1, 0.15) is 26.2 Å². The van der Waals surface area contributed by atoms with Gasteiger partial charge in [-0.25, -0.2) is 0 Å². The highest BCUT2D eigenvalue weighted by atomic mass is 16.5. The van der Waals surface area contributed by atoms with Crippen molar-refractivity contribution in [1.82, 2.24) is 10.2 Å². The fraction of sp³-hybridized carbons (Fsp3) is 1.00. The molecule has 20 heavy (non-hydrogen) atoms. The molecule has 1 aliphatic rings. The Hall–Kier alpha value is -0.200. The lowest BCUT2D eigenvalue weighted by Crippen LogP contribution is -2.48. The Labute approximate surface area is 123 Å². The summed E-state index contributed by atoms with van der Waals surface area (Å²) in [6, 6.07) is 0. The monoisotopic (exact) mass is 288 g/mol. The number of hydrogen-bond acceptors (Lipinski definition) is 5. The Bertz CT molecular complexity index is 245. The van der Waals surface area contributed by atoms with Crippen LogP contribution in [0.15, 0.2) is 0 Å². The van der Waals surface area contributed by atoms with E-state index in [1.165, 1.54) is 0 Å². The number of ether oxygens (including phenoxy) is 2. The summed E-state index contributed by atoms with van der Waals surface area (Å²) in [5.74, 6) is 0. The van der Waals surface area contributed by atoms with Crippen LogP contribution in [0.25, 0.3) is 0 Å². The average Bonchev–Trinajstić information content (AvgIpc) is 2.40. The van der Waals surface area contributed by atoms with E-state index in [2.05, 4.69) is 24.2 Å². The van der Waals surface area contributed by atoms with Gasteiger partial charge < -0.3 is 24.8 Å². The highest BCUT2D eigenvalue weighted by Crippen LogP contribution is 2.30. The van der Waals surface area contributed by atoms with Crippen molar-refractivity contribution >= 4 is 0 Å². The molecule has 0 radical (unpaired) electrons. The van der Waals surface area contributed by atoms with Crippen LogP contribution >= 0.6 is 0 Å². The number of hydrogen-bond donors (Lipinski definition) is 2. The molecule has 1 atom stereocenters. The van der Waals surface area contributed by atoms with Gasteiger partial charge in [0, 0.05) is 40.0 Å². The number of nitrogens with zero attached hydrogens (tertiary/aromatic N) is 1. The zero-order valence-electron chi connectivity index (χ0n) is 13.4. The lowest BCUT2D eigenvalue weighted by molar-refractivity contribution is -0.0129. The predicted molar refractivity (Wildman–Crippen MR) is 81.0 cm³/mol. The molecular weight excluding hydrogens is 256 g/mol. The van der Waals surface area contributed by atoms with Gasteiger partial charge in [0.25, 0.3) is 0 Å². The van der Waals surface area contributed by atoms with E-state index in [9.17, 15) is 5.11 Å². The maximum Gasteiger partial charge on any atom is 0.0899 e. The van der Waals surface area contributed by atoms with Crippen molar-refractivity contribution in [2.24, 2.45) is 5.41 Å². The van der Waals surface area contributed by atoms with Gasteiger partial charge >= 0.3 is 0 Å². The van der Waals surface area contributed by atoms with E-state index >= 15 is 0 Å². The zero-order valence-corrected chi connectivity index (χ0v) is 13.4. The van der Waals surface area contributed by atoms with Crippen LogP contribution in [0, 0.1) is 5.41 Å². The fourth-order valence-electron chi connectivity index (χ4n) is 2.97. The van der Waals surface area contributed by atoms with Crippen LogP contribution in [-0.2, 0) is 9.47 Å². The number of methoxy groups -OCH3 is 1. The van der Waals surface area contributed by atoms with Gasteiger partial charge in [-0.15, -0.1) is 0 Å². The first-order chi connectivity index (χ1) is 9.62. The Morgan fingerprint density at radius 3 is 2.70 bits per heavy atom. The van der Waals surface area contributed by atoms with Crippen molar-refractivity contribution in [3.63, 3.8) is 0 Å². The first-order valence-electron chi connectivity index (χ1n) is 7.76. The molecule has 5 nitrogen and oxygen atoms in total. The Morgan fingerprint density at radius 1 is 1.40 bits per heavy atom. The summed E-state index contributed by atoms with van der Waals surface area (Å²) in [5, 5.41) is 13.4. The fourth-order valence-corrected chi connectivity index (χ4v) is 2.97. The minimum absolute atomic E-state index is 0.273. The Kier molecular flexibility index (Phi) is 8.64. The topological polar surface area (TPSA) is 54.0 Å². The van der Waals surface area contributed by atoms with E-state index in [1.807, 2.05) is 0 Å². The van der Waals surface area contributed by atoms with Crippen molar-refractivity contribution in [2.75, 3.05) is 60.2 Å². The third-order valence-electron chi connectivity index (χ3n) is 3.97. The number of rotatable bonds is 10. The molecular formula is C15H32N2O3. The van der Waals surface area contributed by atoms with Gasteiger partial charge in [0.2, 0.25) is 0 Å². The number of aliphatic hydroxyl groups is 1. The molecule has 1 rings (SSSR count). The normalized spacial score (nSPS) is 20.2. The standard InChI is InChI=1S/C15H32N2O3/c1-4-7-16-12-15(5-8-20-9-6-15)13-17(2)10-14(18)11-19-3/h14,16,18H,4-13H2,1-3H3. The first kappa shape index (κ1) is 17.9. The second-order valence-corrected chi connectivity index (χ2v) is 6.10. The minimum Gasteiger partial charge on any atom is -0.389 e. The van der Waals surface area contributed by atoms with Gasteiger partial charge in [-0.3, -0.25) is 0 Å². The maximum absolute atomic E-state index is 9.84. The molecule has 0 amide bonds. The molecule has 0 aromatic carbocycles. The van der Waals surface area contributed by atoms with Gasteiger partial charge in [-0.05, 0) is 38.3 Å². The molecule has 1 heterocycles. The highest BCUT2D eigenvalue weighted by molar-refractivity contribution is 4.87. The summed E-state index contributed by atoms with van der Waals surface area (Å²) in [6.07, 6.45) is 2.93. The lowest BCUT2D eigenvalue weighted by atomic mass is 9.79. The quantitative estimate of drug-likeness (QED) is 0.580. The molecule has 1 fully saturated rings. The number of likely N-dealkylation sites (N-methyl/N-ethyl adjacent to an activating group) is 1. The maximum atomic E-state index is 9.84. The summed E-state index contributed by atoms with van der Waals surface area (Å²) in [5.41, 5.74) is 0.273. The van der Waals surface area contributed by atoms with Crippen LogP contribution in [0.2, 0.25) is 0 Å². The smallest absolute Gasteiger partial charge is 0.0899 e. The van der Waals surface area contributed by atoms with Crippen LogP contribution in [0.3, 0.4) is 0 Å². The molecule has 1 unspecified atom stereocenters. The second-order valence-electron chi connectivity index (χ2n) is 6.10. The summed E-state index contributed by atoms with van der Waals surface area (Å²) in [4.78, 5) is 2.22. The molecule has 2 N–H and O–H groups in total. The number of aliphatic hydroxyl groups excluding tert-OH is 1. The van der Waals surface area contributed by atoms with Gasteiger partial charge in [0.05, 0.1) is 12.7 Å². The van der Waals surface area contributed by atoms with Crippen LogP contribution in [-0.4, -0.2) is 76.3 Å². The molecule has 120 valence electrons. The van der Waals surface area contributed by atoms with Crippen molar-refractivity contribution in [3.05, 3.63) is 0 Å². The molecule has 1 aliphatic heterocycles. The van der Waals surface area contributed by atoms with Crippen LogP contribution in [0.4, 0.5) is 0 Å². The van der Waals surface area contributed by atoms with Gasteiger partial charge in [0.15, 0.2) is 0 Å². The largest absolute Gasteiger partial charge is 0.389 e. The summed E-state index contributed by atoms with van der Waals surface area (Å²) in [7, 11) is 3.70. The molecule has 1 saturated heterocycles. The molecule has 0 aromatic rings. The first-order valence-corrected chi connectivity index (χ1v) is 7.76. The van der Waals surface area contributed by atoms with Gasteiger partial charge in [-0.1, -0.05) is 6.92 Å². The highest BCUT2D eigenvalue weighted by Gasteiger charge is 2.33. The molecule has 0 saturated carbocycles. The van der Waals surface area contributed by atoms with E-state index in [0.29, 0.717) is 13.2 Å². The van der Waals surface area contributed by atoms with E-state index in [-0.39, 0.29) is 5.41 Å². The van der Waals surface area contributed by atoms with Gasteiger partial charge in [-0.2, -0.15) is 0 Å². The minimum atomic E-state index is -0.412. The molecule has 0 bridgehead atoms. The van der Waals surface area contributed by atoms with E-state index in [1.54, 1.807) is 7.11 Å². The van der Waals surface area contributed by atoms with Crippen LogP contribution in [0.5, 0.6) is 0 Å². The van der Waals surface area contributed by atoms with Crippen molar-refractivity contribution < 1.29 is 14.6 Å². The SMILES string of the molecule is CCCNCC1(CN(C)CC(O)COC)CCOCC1. The molecule has 5 heteroatoms. The number of nitrogens with one attached hydrogen (secondary N) is 1. The average molecular weight is 288 g/mol. The van der Waals surface area contributed by atoms with Crippen molar-refractivity contribution in [3.8, 4) is 0 Å². The van der Waals surface area contributed by atoms with Crippen LogP contribution < -0.4 is 5.32 Å². The predicted octanol–water partition coefficient (Wildman–Crippen LogP) is 0.722. The molecule has 0 aliphatic carbocycles.